The van der Waals surface area contributed by atoms with Crippen LogP contribution < -0.4 is 15.6 Å². The number of halogens is 2. The van der Waals surface area contributed by atoms with Gasteiger partial charge in [0.05, 0.1) is 5.69 Å². The second kappa shape index (κ2) is 5.70. The Balaban J connectivity index is 1.99. The van der Waals surface area contributed by atoms with Gasteiger partial charge >= 0.3 is 0 Å². The third-order valence-electron chi connectivity index (χ3n) is 3.60. The Morgan fingerprint density at radius 2 is 2.18 bits per heavy atom. The SMILES string of the molecule is Cc1cnc(Cl)cc1-n1c(C)cc(OC2CN[C@H]2F)cc1=O. The fourth-order valence-electron chi connectivity index (χ4n) is 2.36. The summed E-state index contributed by atoms with van der Waals surface area (Å²) in [4.78, 5) is 16.4. The van der Waals surface area contributed by atoms with Crippen LogP contribution in [0.15, 0.2) is 29.2 Å². The molecule has 3 rings (SSSR count). The van der Waals surface area contributed by atoms with Crippen LogP contribution in [0.5, 0.6) is 5.75 Å². The summed E-state index contributed by atoms with van der Waals surface area (Å²) in [6.07, 6.45) is -0.127. The van der Waals surface area contributed by atoms with Crippen molar-refractivity contribution in [2.75, 3.05) is 6.54 Å². The van der Waals surface area contributed by atoms with Gasteiger partial charge in [0.15, 0.2) is 12.4 Å². The van der Waals surface area contributed by atoms with Gasteiger partial charge < -0.3 is 4.74 Å². The molecule has 1 saturated heterocycles. The van der Waals surface area contributed by atoms with E-state index in [2.05, 4.69) is 10.3 Å². The molecule has 0 saturated carbocycles. The van der Waals surface area contributed by atoms with Gasteiger partial charge in [-0.1, -0.05) is 11.6 Å². The first-order valence-electron chi connectivity index (χ1n) is 6.86. The summed E-state index contributed by atoms with van der Waals surface area (Å²) in [7, 11) is 0. The molecule has 2 aromatic rings. The molecule has 0 radical (unpaired) electrons. The topological polar surface area (TPSA) is 56.1 Å². The van der Waals surface area contributed by atoms with Crippen LogP contribution in [0.4, 0.5) is 4.39 Å². The van der Waals surface area contributed by atoms with Crippen molar-refractivity contribution in [2.24, 2.45) is 0 Å². The Hall–Kier alpha value is -1.92. The quantitative estimate of drug-likeness (QED) is 0.694. The number of hydrogen-bond acceptors (Lipinski definition) is 4. The monoisotopic (exact) mass is 323 g/mol. The molecular weight excluding hydrogens is 309 g/mol. The van der Waals surface area contributed by atoms with Gasteiger partial charge in [0.2, 0.25) is 0 Å². The van der Waals surface area contributed by atoms with E-state index in [0.29, 0.717) is 28.8 Å². The molecule has 1 aliphatic rings. The molecule has 7 heteroatoms. The predicted molar refractivity (Wildman–Crippen MR) is 81.6 cm³/mol. The van der Waals surface area contributed by atoms with Gasteiger partial charge in [-0.05, 0) is 25.5 Å². The number of aryl methyl sites for hydroxylation is 2. The second-order valence-electron chi connectivity index (χ2n) is 5.27. The van der Waals surface area contributed by atoms with Gasteiger partial charge in [-0.25, -0.2) is 9.37 Å². The van der Waals surface area contributed by atoms with E-state index in [9.17, 15) is 9.18 Å². The summed E-state index contributed by atoms with van der Waals surface area (Å²) >= 11 is 5.91. The van der Waals surface area contributed by atoms with E-state index in [1.54, 1.807) is 25.3 Å². The molecule has 0 aromatic carbocycles. The molecule has 22 heavy (non-hydrogen) atoms. The van der Waals surface area contributed by atoms with E-state index < -0.39 is 12.4 Å². The summed E-state index contributed by atoms with van der Waals surface area (Å²) < 4.78 is 20.2. The van der Waals surface area contributed by atoms with Gasteiger partial charge in [-0.15, -0.1) is 0 Å². The Kier molecular flexibility index (Phi) is 3.88. The largest absolute Gasteiger partial charge is 0.484 e. The molecule has 5 nitrogen and oxygen atoms in total. The lowest BCUT2D eigenvalue weighted by Crippen LogP contribution is -2.57. The van der Waals surface area contributed by atoms with Crippen LogP contribution in [0, 0.1) is 13.8 Å². The van der Waals surface area contributed by atoms with Gasteiger partial charge in [-0.3, -0.25) is 14.7 Å². The lowest BCUT2D eigenvalue weighted by Gasteiger charge is -2.32. The zero-order valence-electron chi connectivity index (χ0n) is 12.1. The molecule has 3 heterocycles. The number of ether oxygens (including phenoxy) is 1. The minimum atomic E-state index is -1.19. The van der Waals surface area contributed by atoms with Crippen molar-refractivity contribution in [2.45, 2.75) is 26.2 Å². The first-order chi connectivity index (χ1) is 10.5. The lowest BCUT2D eigenvalue weighted by atomic mass is 10.2. The predicted octanol–water partition coefficient (Wildman–Crippen LogP) is 2.15. The fraction of sp³-hybridized carbons (Fsp3) is 0.333. The van der Waals surface area contributed by atoms with Crippen molar-refractivity contribution in [3.05, 3.63) is 51.2 Å². The van der Waals surface area contributed by atoms with Crippen LogP contribution in [0.2, 0.25) is 5.15 Å². The summed E-state index contributed by atoms with van der Waals surface area (Å²) in [6, 6.07) is 4.70. The van der Waals surface area contributed by atoms with E-state index in [1.165, 1.54) is 10.6 Å². The molecule has 116 valence electrons. The van der Waals surface area contributed by atoms with E-state index in [0.717, 1.165) is 5.56 Å². The number of nitrogens with one attached hydrogen (secondary N) is 1. The summed E-state index contributed by atoms with van der Waals surface area (Å²) in [5, 5.41) is 2.88. The number of pyridine rings is 2. The normalized spacial score (nSPS) is 20.5. The second-order valence-corrected chi connectivity index (χ2v) is 5.65. The maximum absolute atomic E-state index is 13.2. The number of alkyl halides is 1. The highest BCUT2D eigenvalue weighted by Gasteiger charge is 2.32. The van der Waals surface area contributed by atoms with E-state index in [-0.39, 0.29) is 5.56 Å². The molecular formula is C15H15ClFN3O2. The van der Waals surface area contributed by atoms with Gasteiger partial charge in [0.25, 0.3) is 5.56 Å². The summed E-state index contributed by atoms with van der Waals surface area (Å²) in [5.74, 6) is 0.366. The zero-order chi connectivity index (χ0) is 15.9. The van der Waals surface area contributed by atoms with Crippen LogP contribution in [-0.2, 0) is 0 Å². The van der Waals surface area contributed by atoms with Crippen molar-refractivity contribution >= 4 is 11.6 Å². The third-order valence-corrected chi connectivity index (χ3v) is 3.81. The van der Waals surface area contributed by atoms with Crippen LogP contribution in [0.1, 0.15) is 11.3 Å². The van der Waals surface area contributed by atoms with Crippen molar-refractivity contribution in [1.82, 2.24) is 14.9 Å². The maximum Gasteiger partial charge on any atom is 0.259 e. The van der Waals surface area contributed by atoms with Gasteiger partial charge in [0.1, 0.15) is 10.9 Å². The molecule has 1 aliphatic heterocycles. The Labute approximate surface area is 131 Å². The molecule has 1 unspecified atom stereocenters. The van der Waals surface area contributed by atoms with Crippen molar-refractivity contribution in [3.8, 4) is 11.4 Å². The first-order valence-corrected chi connectivity index (χ1v) is 7.24. The summed E-state index contributed by atoms with van der Waals surface area (Å²) in [5.41, 5.74) is 1.91. The van der Waals surface area contributed by atoms with E-state index in [1.807, 2.05) is 6.92 Å². The third kappa shape index (κ3) is 2.71. The smallest absolute Gasteiger partial charge is 0.259 e. The number of nitrogens with zero attached hydrogens (tertiary/aromatic N) is 2. The molecule has 2 atom stereocenters. The summed E-state index contributed by atoms with van der Waals surface area (Å²) in [6.45, 7) is 4.07. The minimum Gasteiger partial charge on any atom is -0.484 e. The molecule has 2 aromatic heterocycles. The highest BCUT2D eigenvalue weighted by atomic mass is 35.5. The number of rotatable bonds is 3. The van der Waals surface area contributed by atoms with Crippen LogP contribution in [0.3, 0.4) is 0 Å². The maximum atomic E-state index is 13.2. The van der Waals surface area contributed by atoms with E-state index in [4.69, 9.17) is 16.3 Å². The molecule has 0 bridgehead atoms. The number of aromatic nitrogens is 2. The van der Waals surface area contributed by atoms with E-state index >= 15 is 0 Å². The minimum absolute atomic E-state index is 0.261. The van der Waals surface area contributed by atoms with Crippen molar-refractivity contribution < 1.29 is 9.13 Å². The Bertz CT molecular complexity index is 778. The van der Waals surface area contributed by atoms with Gasteiger partial charge in [-0.2, -0.15) is 0 Å². The lowest BCUT2D eigenvalue weighted by molar-refractivity contribution is 0.00923. The highest BCUT2D eigenvalue weighted by molar-refractivity contribution is 6.29. The van der Waals surface area contributed by atoms with Gasteiger partial charge in [0, 0.05) is 30.6 Å². The average molecular weight is 324 g/mol. The average Bonchev–Trinajstić information content (AvgIpc) is 2.46. The molecule has 1 N–H and O–H groups in total. The molecule has 1 fully saturated rings. The zero-order valence-corrected chi connectivity index (χ0v) is 12.9. The fourth-order valence-corrected chi connectivity index (χ4v) is 2.51. The molecule has 0 amide bonds. The Morgan fingerprint density at radius 1 is 1.41 bits per heavy atom. The van der Waals surface area contributed by atoms with Crippen LogP contribution in [0.25, 0.3) is 5.69 Å². The van der Waals surface area contributed by atoms with Crippen LogP contribution in [-0.4, -0.2) is 28.5 Å². The highest BCUT2D eigenvalue weighted by Crippen LogP contribution is 2.21. The number of hydrogen-bond donors (Lipinski definition) is 1. The Morgan fingerprint density at radius 3 is 2.77 bits per heavy atom. The molecule has 0 aliphatic carbocycles. The van der Waals surface area contributed by atoms with Crippen molar-refractivity contribution in [3.63, 3.8) is 0 Å². The standard InChI is InChI=1S/C15H15ClFN3O2/c1-8-6-18-13(16)5-11(8)20-9(2)3-10(4-14(20)21)22-12-7-19-15(12)17/h3-6,12,15,19H,7H2,1-2H3/t12?,15-/m1/s1. The first kappa shape index (κ1) is 15.0. The van der Waals surface area contributed by atoms with Crippen molar-refractivity contribution in [1.29, 1.82) is 0 Å². The molecule has 0 spiro atoms. The van der Waals surface area contributed by atoms with Crippen LogP contribution >= 0.6 is 11.6 Å².